The van der Waals surface area contributed by atoms with Crippen LogP contribution in [0.2, 0.25) is 0 Å². The molecule has 20 heavy (non-hydrogen) atoms. The molecule has 0 N–H and O–H groups in total. The minimum absolute atomic E-state index is 0.000127. The standard InChI is InChI=1S/C10H14ClNO6S2/c1-7-9(20(11,16)17)6-8(18-7)10(13)12(2)4-5-19(3,14)15/h6H,4-5H2,1-3H3. The maximum Gasteiger partial charge on any atom is 0.289 e. The van der Waals surface area contributed by atoms with Gasteiger partial charge in [-0.05, 0) is 6.92 Å². The molecular weight excluding hydrogens is 330 g/mol. The molecule has 0 unspecified atom stereocenters. The van der Waals surface area contributed by atoms with E-state index >= 15 is 0 Å². The van der Waals surface area contributed by atoms with E-state index in [0.29, 0.717) is 0 Å². The number of nitrogens with zero attached hydrogens (tertiary/aromatic N) is 1. The number of sulfone groups is 1. The number of rotatable bonds is 5. The molecule has 0 saturated carbocycles. The molecule has 0 aromatic carbocycles. The van der Waals surface area contributed by atoms with Crippen LogP contribution < -0.4 is 0 Å². The maximum atomic E-state index is 12.0. The lowest BCUT2D eigenvalue weighted by atomic mass is 10.4. The van der Waals surface area contributed by atoms with Crippen LogP contribution in [0.25, 0.3) is 0 Å². The Morgan fingerprint density at radius 2 is 1.90 bits per heavy atom. The first-order chi connectivity index (χ1) is 8.92. The molecule has 7 nitrogen and oxygen atoms in total. The molecule has 1 aromatic heterocycles. The average Bonchev–Trinajstić information content (AvgIpc) is 2.65. The second kappa shape index (κ2) is 5.74. The summed E-state index contributed by atoms with van der Waals surface area (Å²) in [7, 11) is -0.619. The van der Waals surface area contributed by atoms with Gasteiger partial charge in [0.15, 0.2) is 5.76 Å². The average molecular weight is 344 g/mol. The lowest BCUT2D eigenvalue weighted by molar-refractivity contribution is 0.0770. The molecular formula is C10H14ClNO6S2. The molecule has 0 radical (unpaired) electrons. The Morgan fingerprint density at radius 1 is 1.35 bits per heavy atom. The summed E-state index contributed by atoms with van der Waals surface area (Å²) in [6, 6.07) is 1.02. The number of furan rings is 1. The maximum absolute atomic E-state index is 12.0. The van der Waals surface area contributed by atoms with Gasteiger partial charge < -0.3 is 9.32 Å². The van der Waals surface area contributed by atoms with Crippen LogP contribution in [-0.2, 0) is 18.9 Å². The Kier molecular flexibility index (Phi) is 4.88. The van der Waals surface area contributed by atoms with E-state index in [-0.39, 0.29) is 28.7 Å². The number of hydrogen-bond donors (Lipinski definition) is 0. The summed E-state index contributed by atoms with van der Waals surface area (Å²) in [6.45, 7) is 1.34. The van der Waals surface area contributed by atoms with Crippen LogP contribution in [-0.4, -0.2) is 53.2 Å². The monoisotopic (exact) mass is 343 g/mol. The molecule has 0 spiro atoms. The van der Waals surface area contributed by atoms with Crippen LogP contribution in [0.4, 0.5) is 0 Å². The molecule has 0 saturated heterocycles. The predicted molar refractivity (Wildman–Crippen MR) is 73.2 cm³/mol. The number of carbonyl (C=O) groups is 1. The first-order valence-electron chi connectivity index (χ1n) is 5.40. The van der Waals surface area contributed by atoms with Gasteiger partial charge in [0.1, 0.15) is 20.5 Å². The van der Waals surface area contributed by atoms with Crippen molar-refractivity contribution in [2.45, 2.75) is 11.8 Å². The number of aryl methyl sites for hydroxylation is 1. The fraction of sp³-hybridized carbons (Fsp3) is 0.500. The fourth-order valence-corrected chi connectivity index (χ4v) is 3.10. The summed E-state index contributed by atoms with van der Waals surface area (Å²) < 4.78 is 49.5. The summed E-state index contributed by atoms with van der Waals surface area (Å²) >= 11 is 0. The van der Waals surface area contributed by atoms with E-state index in [0.717, 1.165) is 17.2 Å². The molecule has 0 bridgehead atoms. The van der Waals surface area contributed by atoms with E-state index in [9.17, 15) is 21.6 Å². The van der Waals surface area contributed by atoms with E-state index in [2.05, 4.69) is 0 Å². The lowest BCUT2D eigenvalue weighted by Crippen LogP contribution is -2.31. The van der Waals surface area contributed by atoms with Gasteiger partial charge >= 0.3 is 0 Å². The molecule has 0 aliphatic carbocycles. The fourth-order valence-electron chi connectivity index (χ4n) is 1.41. The van der Waals surface area contributed by atoms with E-state index < -0.39 is 24.8 Å². The van der Waals surface area contributed by atoms with Gasteiger partial charge in [-0.3, -0.25) is 4.79 Å². The molecule has 0 fully saturated rings. The molecule has 1 heterocycles. The molecule has 1 rings (SSSR count). The molecule has 0 atom stereocenters. The minimum atomic E-state index is -4.00. The Hall–Kier alpha value is -1.06. The first kappa shape index (κ1) is 17.0. The molecule has 0 aliphatic heterocycles. The highest BCUT2D eigenvalue weighted by Crippen LogP contribution is 2.24. The number of carbonyl (C=O) groups excluding carboxylic acids is 1. The van der Waals surface area contributed by atoms with Crippen molar-refractivity contribution in [2.75, 3.05) is 25.6 Å². The largest absolute Gasteiger partial charge is 0.455 e. The van der Waals surface area contributed by atoms with Gasteiger partial charge in [0, 0.05) is 36.6 Å². The third-order valence-electron chi connectivity index (χ3n) is 2.49. The molecule has 10 heteroatoms. The van der Waals surface area contributed by atoms with Crippen molar-refractivity contribution in [3.8, 4) is 0 Å². The van der Waals surface area contributed by atoms with E-state index in [1.54, 1.807) is 0 Å². The first-order valence-corrected chi connectivity index (χ1v) is 9.77. The van der Waals surface area contributed by atoms with Crippen LogP contribution in [0.3, 0.4) is 0 Å². The van der Waals surface area contributed by atoms with Crippen molar-refractivity contribution >= 4 is 35.5 Å². The quantitative estimate of drug-likeness (QED) is 0.727. The SMILES string of the molecule is Cc1oc(C(=O)N(C)CCS(C)(=O)=O)cc1S(=O)(=O)Cl. The summed E-state index contributed by atoms with van der Waals surface area (Å²) in [5.41, 5.74) is 0. The molecule has 0 aliphatic rings. The zero-order chi connectivity index (χ0) is 15.7. The Labute approximate surface area is 121 Å². The third kappa shape index (κ3) is 4.50. The summed E-state index contributed by atoms with van der Waals surface area (Å²) in [5, 5.41) is 0. The van der Waals surface area contributed by atoms with E-state index in [1.165, 1.54) is 14.0 Å². The highest BCUT2D eigenvalue weighted by Gasteiger charge is 2.24. The van der Waals surface area contributed by atoms with Gasteiger partial charge in [0.25, 0.3) is 15.0 Å². The minimum Gasteiger partial charge on any atom is -0.455 e. The normalized spacial score (nSPS) is 12.4. The van der Waals surface area contributed by atoms with Crippen LogP contribution in [0.1, 0.15) is 16.3 Å². The smallest absolute Gasteiger partial charge is 0.289 e. The van der Waals surface area contributed by atoms with Crippen molar-refractivity contribution < 1.29 is 26.0 Å². The molecule has 1 amide bonds. The highest BCUT2D eigenvalue weighted by atomic mass is 35.7. The Bertz CT molecular complexity index is 719. The summed E-state index contributed by atoms with van der Waals surface area (Å²) in [5.74, 6) is -1.03. The van der Waals surface area contributed by atoms with Crippen molar-refractivity contribution in [1.82, 2.24) is 4.90 Å². The van der Waals surface area contributed by atoms with Crippen LogP contribution >= 0.6 is 10.7 Å². The van der Waals surface area contributed by atoms with Gasteiger partial charge in [0.2, 0.25) is 0 Å². The zero-order valence-corrected chi connectivity index (χ0v) is 13.5. The van der Waals surface area contributed by atoms with E-state index in [4.69, 9.17) is 15.1 Å². The van der Waals surface area contributed by atoms with Gasteiger partial charge in [-0.15, -0.1) is 0 Å². The highest BCUT2D eigenvalue weighted by molar-refractivity contribution is 8.13. The zero-order valence-electron chi connectivity index (χ0n) is 11.1. The van der Waals surface area contributed by atoms with Gasteiger partial charge in [0.05, 0.1) is 5.75 Å². The Balaban J connectivity index is 2.94. The topological polar surface area (TPSA) is 102 Å². The van der Waals surface area contributed by atoms with Crippen molar-refractivity contribution in [2.24, 2.45) is 0 Å². The molecule has 1 aromatic rings. The number of hydrogen-bond acceptors (Lipinski definition) is 6. The number of amides is 1. The summed E-state index contributed by atoms with van der Waals surface area (Å²) in [6.07, 6.45) is 1.06. The van der Waals surface area contributed by atoms with Gasteiger partial charge in [-0.1, -0.05) is 0 Å². The van der Waals surface area contributed by atoms with Crippen LogP contribution in [0.15, 0.2) is 15.4 Å². The van der Waals surface area contributed by atoms with E-state index in [1.807, 2.05) is 0 Å². The molecule has 114 valence electrons. The lowest BCUT2D eigenvalue weighted by Gasteiger charge is -2.14. The number of halogens is 1. The van der Waals surface area contributed by atoms with Gasteiger partial charge in [-0.2, -0.15) is 0 Å². The van der Waals surface area contributed by atoms with Crippen LogP contribution in [0, 0.1) is 6.92 Å². The third-order valence-corrected chi connectivity index (χ3v) is 4.84. The van der Waals surface area contributed by atoms with Crippen molar-refractivity contribution in [1.29, 1.82) is 0 Å². The van der Waals surface area contributed by atoms with Crippen LogP contribution in [0.5, 0.6) is 0 Å². The summed E-state index contributed by atoms with van der Waals surface area (Å²) in [4.78, 5) is 12.8. The Morgan fingerprint density at radius 3 is 2.30 bits per heavy atom. The van der Waals surface area contributed by atoms with Crippen molar-refractivity contribution in [3.05, 3.63) is 17.6 Å². The van der Waals surface area contributed by atoms with Gasteiger partial charge in [-0.25, -0.2) is 16.8 Å². The second-order valence-corrected chi connectivity index (χ2v) is 9.12. The second-order valence-electron chi connectivity index (χ2n) is 4.33. The predicted octanol–water partition coefficient (Wildman–Crippen LogP) is 0.632. The van der Waals surface area contributed by atoms with Crippen molar-refractivity contribution in [3.63, 3.8) is 0 Å².